The van der Waals surface area contributed by atoms with Crippen LogP contribution in [0.4, 0.5) is 5.82 Å². The molecule has 1 unspecified atom stereocenters. The number of thiol groups is 1. The van der Waals surface area contributed by atoms with Crippen LogP contribution in [0.1, 0.15) is 11.3 Å². The number of rotatable bonds is 6. The Morgan fingerprint density at radius 3 is 2.78 bits per heavy atom. The fourth-order valence-electron chi connectivity index (χ4n) is 5.08. The minimum absolute atomic E-state index is 0.0831. The molecule has 0 amide bonds. The highest BCUT2D eigenvalue weighted by atomic mass is 32.3. The van der Waals surface area contributed by atoms with Crippen LogP contribution >= 0.6 is 0 Å². The molecular formula is C27H31N7O2S. The summed E-state index contributed by atoms with van der Waals surface area (Å²) in [7, 11) is -2.33. The molecule has 0 bridgehead atoms. The number of hydrogen-bond acceptors (Lipinski definition) is 6. The van der Waals surface area contributed by atoms with Gasteiger partial charge in [0.05, 0.1) is 24.8 Å². The van der Waals surface area contributed by atoms with Crippen molar-refractivity contribution in [3.63, 3.8) is 0 Å². The average Bonchev–Trinajstić information content (AvgIpc) is 3.45. The molecule has 5 aromatic rings. The quantitative estimate of drug-likeness (QED) is 0.336. The maximum Gasteiger partial charge on any atom is 0.151 e. The molecule has 1 atom stereocenters. The summed E-state index contributed by atoms with van der Waals surface area (Å²) >= 11 is 0. The second kappa shape index (κ2) is 9.37. The molecule has 0 aliphatic carbocycles. The lowest BCUT2D eigenvalue weighted by molar-refractivity contribution is -0.000293. The van der Waals surface area contributed by atoms with Gasteiger partial charge in [-0.25, -0.2) is 13.8 Å². The number of anilines is 1. The van der Waals surface area contributed by atoms with Crippen molar-refractivity contribution < 1.29 is 8.95 Å². The Hall–Kier alpha value is -3.60. The molecule has 192 valence electrons. The fraction of sp³-hybridized carbons (Fsp3) is 0.296. The van der Waals surface area contributed by atoms with Gasteiger partial charge in [0.25, 0.3) is 0 Å². The number of nitrogens with two attached hydrogens (primary N) is 1. The van der Waals surface area contributed by atoms with Gasteiger partial charge in [0.1, 0.15) is 11.8 Å². The van der Waals surface area contributed by atoms with E-state index in [9.17, 15) is 4.21 Å². The van der Waals surface area contributed by atoms with Gasteiger partial charge in [-0.15, -0.1) is 0 Å². The van der Waals surface area contributed by atoms with Crippen LogP contribution in [0.2, 0.25) is 0 Å². The lowest BCUT2D eigenvalue weighted by Crippen LogP contribution is -2.48. The zero-order valence-corrected chi connectivity index (χ0v) is 21.9. The van der Waals surface area contributed by atoms with E-state index in [1.165, 1.54) is 11.9 Å². The van der Waals surface area contributed by atoms with Crippen molar-refractivity contribution in [1.82, 2.24) is 28.7 Å². The van der Waals surface area contributed by atoms with Crippen molar-refractivity contribution in [1.29, 1.82) is 0 Å². The lowest BCUT2D eigenvalue weighted by atomic mass is 10.0. The number of nitrogens with zero attached hydrogens (tertiary/aromatic N) is 6. The summed E-state index contributed by atoms with van der Waals surface area (Å²) in [6.45, 7) is 2.59. The molecule has 1 aliphatic rings. The van der Waals surface area contributed by atoms with Gasteiger partial charge in [0.15, 0.2) is 5.82 Å². The summed E-state index contributed by atoms with van der Waals surface area (Å²) in [6.07, 6.45) is 7.71. The Balaban J connectivity index is 1.34. The molecule has 3 aromatic heterocycles. The van der Waals surface area contributed by atoms with Gasteiger partial charge >= 0.3 is 0 Å². The third-order valence-electron chi connectivity index (χ3n) is 6.94. The Morgan fingerprint density at radius 2 is 1.97 bits per heavy atom. The van der Waals surface area contributed by atoms with Crippen molar-refractivity contribution in [3.05, 3.63) is 78.4 Å². The number of fused-ring (bicyclic) bond motifs is 2. The summed E-state index contributed by atoms with van der Waals surface area (Å²) < 4.78 is 24.6. The van der Waals surface area contributed by atoms with E-state index in [2.05, 4.69) is 52.7 Å². The van der Waals surface area contributed by atoms with Crippen molar-refractivity contribution in [2.75, 3.05) is 37.9 Å². The van der Waals surface area contributed by atoms with Crippen LogP contribution in [-0.4, -0.2) is 71.2 Å². The molecule has 2 N–H and O–H groups in total. The summed E-state index contributed by atoms with van der Waals surface area (Å²) in [6, 6.07) is 18.7. The van der Waals surface area contributed by atoms with Gasteiger partial charge < -0.3 is 10.5 Å². The zero-order chi connectivity index (χ0) is 25.6. The standard InChI is InChI=1S/C27H31N7O2S/c1-37(2,35)33-10-11-36-23(17-33)13-22-14-24(26-27(28)29-18-30-34(22)26)20-8-9-21-16-32(31-25(21)12-20)15-19-6-4-3-5-7-19/h3-9,12,14,16,18,23,37H,10-11,13,15,17H2,1-2H3,(H2,28,29,30). The van der Waals surface area contributed by atoms with Crippen LogP contribution in [0.15, 0.2) is 67.1 Å². The highest BCUT2D eigenvalue weighted by molar-refractivity contribution is 7.99. The molecule has 4 heterocycles. The lowest BCUT2D eigenvalue weighted by Gasteiger charge is -2.37. The number of hydrogen-bond donors (Lipinski definition) is 2. The third-order valence-corrected chi connectivity index (χ3v) is 8.67. The normalized spacial score (nSPS) is 17.5. The van der Waals surface area contributed by atoms with E-state index in [0.29, 0.717) is 38.5 Å². The Bertz CT molecular complexity index is 1620. The minimum atomic E-state index is -2.33. The first-order valence-corrected chi connectivity index (χ1v) is 15.0. The van der Waals surface area contributed by atoms with Crippen LogP contribution in [0, 0.1) is 0 Å². The molecule has 2 aromatic carbocycles. The van der Waals surface area contributed by atoms with Crippen molar-refractivity contribution >= 4 is 32.4 Å². The minimum Gasteiger partial charge on any atom is -0.382 e. The van der Waals surface area contributed by atoms with Crippen molar-refractivity contribution in [2.24, 2.45) is 0 Å². The first-order chi connectivity index (χ1) is 17.8. The van der Waals surface area contributed by atoms with E-state index in [-0.39, 0.29) is 6.10 Å². The maximum absolute atomic E-state index is 12.6. The summed E-state index contributed by atoms with van der Waals surface area (Å²) in [4.78, 5) is 4.26. The average molecular weight is 518 g/mol. The Morgan fingerprint density at radius 1 is 1.14 bits per heavy atom. The summed E-state index contributed by atoms with van der Waals surface area (Å²) in [5.41, 5.74) is 12.2. The molecule has 37 heavy (non-hydrogen) atoms. The van der Waals surface area contributed by atoms with E-state index in [1.807, 2.05) is 44.2 Å². The van der Waals surface area contributed by atoms with Gasteiger partial charge in [-0.1, -0.05) is 52.6 Å². The molecule has 0 spiro atoms. The van der Waals surface area contributed by atoms with Gasteiger partial charge in [-0.3, -0.25) is 8.89 Å². The topological polar surface area (TPSA) is 104 Å². The third kappa shape index (κ3) is 4.75. The predicted octanol–water partition coefficient (Wildman–Crippen LogP) is 2.81. The van der Waals surface area contributed by atoms with Crippen LogP contribution in [0.25, 0.3) is 27.5 Å². The van der Waals surface area contributed by atoms with Crippen LogP contribution in [0.5, 0.6) is 0 Å². The van der Waals surface area contributed by atoms with Crippen LogP contribution in [-0.2, 0) is 27.8 Å². The zero-order valence-electron chi connectivity index (χ0n) is 21.0. The van der Waals surface area contributed by atoms with Gasteiger partial charge in [-0.05, 0) is 23.3 Å². The molecule has 1 saturated heterocycles. The second-order valence-electron chi connectivity index (χ2n) is 9.94. The molecule has 10 heteroatoms. The smallest absolute Gasteiger partial charge is 0.151 e. The fourth-order valence-corrected chi connectivity index (χ4v) is 6.22. The first-order valence-electron chi connectivity index (χ1n) is 12.4. The first kappa shape index (κ1) is 23.8. The Kier molecular flexibility index (Phi) is 6.02. The van der Waals surface area contributed by atoms with E-state index in [0.717, 1.165) is 33.2 Å². The van der Waals surface area contributed by atoms with Crippen LogP contribution < -0.4 is 5.73 Å². The summed E-state index contributed by atoms with van der Waals surface area (Å²) in [5, 5.41) is 10.4. The van der Waals surface area contributed by atoms with Crippen molar-refractivity contribution in [2.45, 2.75) is 19.1 Å². The highest BCUT2D eigenvalue weighted by Gasteiger charge is 2.27. The maximum atomic E-state index is 12.6. The SMILES string of the molecule is C[SH](C)(=O)N1CCOC(Cc2cc(-c3ccc4cn(Cc5ccccc5)nc4c3)c3c(N)ncnn23)C1. The predicted molar refractivity (Wildman–Crippen MR) is 148 cm³/mol. The van der Waals surface area contributed by atoms with E-state index < -0.39 is 10.1 Å². The van der Waals surface area contributed by atoms with Crippen LogP contribution in [0.3, 0.4) is 0 Å². The molecule has 9 nitrogen and oxygen atoms in total. The molecule has 1 aliphatic heterocycles. The number of benzene rings is 2. The number of morpholine rings is 1. The number of ether oxygens (including phenoxy) is 1. The molecule has 1 fully saturated rings. The second-order valence-corrected chi connectivity index (χ2v) is 13.1. The van der Waals surface area contributed by atoms with E-state index in [1.54, 1.807) is 0 Å². The van der Waals surface area contributed by atoms with E-state index >= 15 is 0 Å². The largest absolute Gasteiger partial charge is 0.382 e. The van der Waals surface area contributed by atoms with Gasteiger partial charge in [0.2, 0.25) is 0 Å². The number of aromatic nitrogens is 5. The molecule has 0 radical (unpaired) electrons. The Labute approximate surface area is 216 Å². The molecule has 6 rings (SSSR count). The number of nitrogen functional groups attached to an aromatic ring is 1. The monoisotopic (exact) mass is 517 g/mol. The molecular weight excluding hydrogens is 486 g/mol. The van der Waals surface area contributed by atoms with Crippen molar-refractivity contribution in [3.8, 4) is 11.1 Å². The highest BCUT2D eigenvalue weighted by Crippen LogP contribution is 2.33. The summed E-state index contributed by atoms with van der Waals surface area (Å²) in [5.74, 6) is 0.420. The van der Waals surface area contributed by atoms with Gasteiger partial charge in [-0.2, -0.15) is 10.2 Å². The van der Waals surface area contributed by atoms with Gasteiger partial charge in [0, 0.05) is 54.9 Å². The van der Waals surface area contributed by atoms with E-state index in [4.69, 9.17) is 15.6 Å². The molecule has 0 saturated carbocycles.